The Hall–Kier alpha value is -1.62. The Morgan fingerprint density at radius 2 is 2.00 bits per heavy atom. The summed E-state index contributed by atoms with van der Waals surface area (Å²) in [6.45, 7) is 5.97. The van der Waals surface area contributed by atoms with E-state index in [0.29, 0.717) is 0 Å². The molecule has 0 radical (unpaired) electrons. The molecule has 0 saturated carbocycles. The predicted octanol–water partition coefficient (Wildman–Crippen LogP) is 4.77. The number of hydrogen-bond acceptors (Lipinski definition) is 1. The Kier molecular flexibility index (Phi) is 5.17. The van der Waals surface area contributed by atoms with Crippen LogP contribution >= 0.6 is 22.6 Å². The quantitative estimate of drug-likeness (QED) is 0.688. The molecule has 108 valence electrons. The Morgan fingerprint density at radius 3 is 2.62 bits per heavy atom. The third-order valence-electron chi connectivity index (χ3n) is 3.49. The zero-order valence-electron chi connectivity index (χ0n) is 12.3. The molecule has 0 aliphatic heterocycles. The largest absolute Gasteiger partial charge is 0.311 e. The van der Waals surface area contributed by atoms with Crippen molar-refractivity contribution in [2.24, 2.45) is 0 Å². The van der Waals surface area contributed by atoms with Crippen molar-refractivity contribution in [2.75, 3.05) is 11.9 Å². The van der Waals surface area contributed by atoms with E-state index in [2.05, 4.69) is 48.2 Å². The molecule has 0 N–H and O–H groups in total. The third kappa shape index (κ3) is 3.35. The molecular weight excluding hydrogens is 373 g/mol. The summed E-state index contributed by atoms with van der Waals surface area (Å²) in [6, 6.07) is 13.8. The van der Waals surface area contributed by atoms with Crippen LogP contribution in [0.4, 0.5) is 5.69 Å². The first kappa shape index (κ1) is 15.8. The molecule has 0 atom stereocenters. The van der Waals surface area contributed by atoms with Crippen molar-refractivity contribution in [3.05, 3.63) is 69.3 Å². The van der Waals surface area contributed by atoms with Gasteiger partial charge in [-0.05, 0) is 64.4 Å². The maximum Gasteiger partial charge on any atom is 0.259 e. The number of halogens is 1. The van der Waals surface area contributed by atoms with Crippen LogP contribution in [-0.4, -0.2) is 13.0 Å². The molecule has 21 heavy (non-hydrogen) atoms. The smallest absolute Gasteiger partial charge is 0.259 e. The summed E-state index contributed by atoms with van der Waals surface area (Å²) in [7, 11) is 1.80. The number of rotatable bonds is 4. The molecule has 3 heteroatoms. The van der Waals surface area contributed by atoms with Gasteiger partial charge in [-0.15, -0.1) is 0 Å². The molecule has 0 aliphatic rings. The molecule has 0 aromatic heterocycles. The van der Waals surface area contributed by atoms with Gasteiger partial charge in [0, 0.05) is 10.6 Å². The zero-order chi connectivity index (χ0) is 15.4. The van der Waals surface area contributed by atoms with E-state index in [4.69, 9.17) is 0 Å². The molecule has 1 amide bonds. The molecular formula is C18H18INO. The van der Waals surface area contributed by atoms with Crippen LogP contribution in [0, 0.1) is 3.57 Å². The molecule has 2 nitrogen and oxygen atoms in total. The van der Waals surface area contributed by atoms with Gasteiger partial charge in [-0.3, -0.25) is 4.79 Å². The van der Waals surface area contributed by atoms with Gasteiger partial charge < -0.3 is 4.90 Å². The summed E-state index contributed by atoms with van der Waals surface area (Å²) in [4.78, 5) is 14.4. The summed E-state index contributed by atoms with van der Waals surface area (Å²) in [5.74, 6) is -0.00708. The molecule has 0 aliphatic carbocycles. The number of carbonyl (C=O) groups is 1. The summed E-state index contributed by atoms with van der Waals surface area (Å²) in [5.41, 5.74) is 3.82. The molecule has 2 aromatic carbocycles. The highest BCUT2D eigenvalue weighted by molar-refractivity contribution is 14.1. The molecule has 0 bridgehead atoms. The van der Waals surface area contributed by atoms with Crippen LogP contribution in [0.15, 0.2) is 49.0 Å². The first-order valence-electron chi connectivity index (χ1n) is 6.86. The van der Waals surface area contributed by atoms with Crippen LogP contribution in [-0.2, 0) is 6.42 Å². The van der Waals surface area contributed by atoms with Crippen LogP contribution in [0.3, 0.4) is 0 Å². The molecule has 0 heterocycles. The Balaban J connectivity index is 2.40. The topological polar surface area (TPSA) is 20.3 Å². The summed E-state index contributed by atoms with van der Waals surface area (Å²) < 4.78 is 0.956. The Morgan fingerprint density at radius 1 is 1.29 bits per heavy atom. The van der Waals surface area contributed by atoms with Crippen LogP contribution in [0.25, 0.3) is 6.08 Å². The molecule has 2 aromatic rings. The van der Waals surface area contributed by atoms with E-state index in [0.717, 1.165) is 26.8 Å². The fourth-order valence-electron chi connectivity index (χ4n) is 2.22. The highest BCUT2D eigenvalue weighted by Crippen LogP contribution is 2.25. The second-order valence-electron chi connectivity index (χ2n) is 4.79. The van der Waals surface area contributed by atoms with E-state index in [1.807, 2.05) is 30.3 Å². The van der Waals surface area contributed by atoms with Crippen molar-refractivity contribution in [1.29, 1.82) is 0 Å². The van der Waals surface area contributed by atoms with E-state index >= 15 is 0 Å². The van der Waals surface area contributed by atoms with E-state index in [9.17, 15) is 4.79 Å². The van der Waals surface area contributed by atoms with Crippen molar-refractivity contribution < 1.29 is 4.79 Å². The maximum atomic E-state index is 12.7. The minimum absolute atomic E-state index is 0.00708. The second-order valence-corrected chi connectivity index (χ2v) is 5.96. The monoisotopic (exact) mass is 391 g/mol. The van der Waals surface area contributed by atoms with Crippen molar-refractivity contribution in [3.8, 4) is 0 Å². The third-order valence-corrected chi connectivity index (χ3v) is 4.43. The molecule has 0 spiro atoms. The summed E-state index contributed by atoms with van der Waals surface area (Å²) >= 11 is 2.19. The normalized spacial score (nSPS) is 10.2. The SMILES string of the molecule is C=Cc1cc(CC)ccc1N(C)C(=O)c1ccccc1I. The van der Waals surface area contributed by atoms with E-state index in [-0.39, 0.29) is 5.91 Å². The van der Waals surface area contributed by atoms with Gasteiger partial charge in [0.1, 0.15) is 0 Å². The number of hydrogen-bond donors (Lipinski definition) is 0. The minimum atomic E-state index is -0.00708. The van der Waals surface area contributed by atoms with E-state index in [1.54, 1.807) is 18.0 Å². The van der Waals surface area contributed by atoms with E-state index < -0.39 is 0 Å². The number of nitrogens with zero attached hydrogens (tertiary/aromatic N) is 1. The van der Waals surface area contributed by atoms with Crippen LogP contribution < -0.4 is 4.90 Å². The fraction of sp³-hybridized carbons (Fsp3) is 0.167. The zero-order valence-corrected chi connectivity index (χ0v) is 14.4. The Labute approximate surface area is 139 Å². The number of aryl methyl sites for hydroxylation is 1. The lowest BCUT2D eigenvalue weighted by atomic mass is 10.1. The second kappa shape index (κ2) is 6.89. The van der Waals surface area contributed by atoms with E-state index in [1.165, 1.54) is 5.56 Å². The van der Waals surface area contributed by atoms with Crippen molar-refractivity contribution in [1.82, 2.24) is 0 Å². The van der Waals surface area contributed by atoms with Crippen LogP contribution in [0.2, 0.25) is 0 Å². The fourth-order valence-corrected chi connectivity index (χ4v) is 2.84. The van der Waals surface area contributed by atoms with Gasteiger partial charge in [0.15, 0.2) is 0 Å². The van der Waals surface area contributed by atoms with Gasteiger partial charge in [-0.25, -0.2) is 0 Å². The van der Waals surface area contributed by atoms with Gasteiger partial charge in [-0.1, -0.05) is 37.8 Å². The molecule has 2 rings (SSSR count). The minimum Gasteiger partial charge on any atom is -0.311 e. The lowest BCUT2D eigenvalue weighted by Gasteiger charge is -2.21. The van der Waals surface area contributed by atoms with Crippen molar-refractivity contribution in [3.63, 3.8) is 0 Å². The summed E-state index contributed by atoms with van der Waals surface area (Å²) in [6.07, 6.45) is 2.77. The standard InChI is InChI=1S/C18H18INO/c1-4-13-10-11-17(14(5-2)12-13)20(3)18(21)15-8-6-7-9-16(15)19/h5-12H,2,4H2,1,3H3. The molecule has 0 unspecified atom stereocenters. The van der Waals surface area contributed by atoms with Gasteiger partial charge in [0.25, 0.3) is 5.91 Å². The van der Waals surface area contributed by atoms with Crippen LogP contribution in [0.1, 0.15) is 28.4 Å². The number of carbonyl (C=O) groups excluding carboxylic acids is 1. The van der Waals surface area contributed by atoms with Crippen molar-refractivity contribution >= 4 is 40.3 Å². The first-order valence-corrected chi connectivity index (χ1v) is 7.94. The van der Waals surface area contributed by atoms with Crippen LogP contribution in [0.5, 0.6) is 0 Å². The predicted molar refractivity (Wildman–Crippen MR) is 97.8 cm³/mol. The van der Waals surface area contributed by atoms with Crippen molar-refractivity contribution in [2.45, 2.75) is 13.3 Å². The average molecular weight is 391 g/mol. The lowest BCUT2D eigenvalue weighted by Crippen LogP contribution is -2.27. The average Bonchev–Trinajstić information content (AvgIpc) is 2.53. The number of anilines is 1. The lowest BCUT2D eigenvalue weighted by molar-refractivity contribution is 0.0992. The maximum absolute atomic E-state index is 12.7. The first-order chi connectivity index (χ1) is 10.1. The Bertz CT molecular complexity index is 679. The summed E-state index contributed by atoms with van der Waals surface area (Å²) in [5, 5.41) is 0. The molecule has 0 saturated heterocycles. The molecule has 0 fully saturated rings. The number of benzene rings is 2. The van der Waals surface area contributed by atoms with Gasteiger partial charge in [0.2, 0.25) is 0 Å². The highest BCUT2D eigenvalue weighted by Gasteiger charge is 2.17. The van der Waals surface area contributed by atoms with Gasteiger partial charge >= 0.3 is 0 Å². The highest BCUT2D eigenvalue weighted by atomic mass is 127. The van der Waals surface area contributed by atoms with Gasteiger partial charge in [0.05, 0.1) is 11.3 Å². The van der Waals surface area contributed by atoms with Gasteiger partial charge in [-0.2, -0.15) is 0 Å². The number of amides is 1.